The van der Waals surface area contributed by atoms with Crippen LogP contribution in [0.15, 0.2) is 33.4 Å². The molecule has 0 unspecified atom stereocenters. The van der Waals surface area contributed by atoms with Crippen molar-refractivity contribution in [3.8, 4) is 17.1 Å². The molecule has 2 aromatic heterocycles. The number of aromatic nitrogens is 2. The van der Waals surface area contributed by atoms with Gasteiger partial charge < -0.3 is 4.74 Å². The number of thiophene rings is 1. The summed E-state index contributed by atoms with van der Waals surface area (Å²) in [7, 11) is 1.62. The smallest absolute Gasteiger partial charge is 0.162 e. The van der Waals surface area contributed by atoms with E-state index in [1.165, 1.54) is 0 Å². The predicted octanol–water partition coefficient (Wildman–Crippen LogP) is 4.78. The summed E-state index contributed by atoms with van der Waals surface area (Å²) in [4.78, 5) is 8.87. The molecule has 2 heterocycles. The molecule has 0 aliphatic rings. The first-order valence-corrected chi connectivity index (χ1v) is 7.48. The number of ether oxygens (including phenoxy) is 1. The first kappa shape index (κ1) is 12.8. The Morgan fingerprint density at radius 3 is 2.79 bits per heavy atom. The molecule has 96 valence electrons. The molecule has 3 nitrogen and oxygen atoms in total. The van der Waals surface area contributed by atoms with Crippen molar-refractivity contribution in [2.45, 2.75) is 0 Å². The Morgan fingerprint density at radius 2 is 2.11 bits per heavy atom. The highest BCUT2D eigenvalue weighted by Crippen LogP contribution is 2.31. The number of methoxy groups -OCH3 is 1. The van der Waals surface area contributed by atoms with Crippen molar-refractivity contribution in [3.63, 3.8) is 0 Å². The monoisotopic (exact) mass is 354 g/mol. The van der Waals surface area contributed by atoms with Crippen LogP contribution in [0.5, 0.6) is 5.75 Å². The van der Waals surface area contributed by atoms with E-state index in [0.717, 1.165) is 26.0 Å². The molecule has 0 N–H and O–H groups in total. The number of halogens is 2. The van der Waals surface area contributed by atoms with Crippen molar-refractivity contribution in [1.82, 2.24) is 9.97 Å². The second-order valence-electron chi connectivity index (χ2n) is 3.86. The number of nitrogens with zero attached hydrogens (tertiary/aromatic N) is 2. The van der Waals surface area contributed by atoms with Crippen LogP contribution in [0.3, 0.4) is 0 Å². The van der Waals surface area contributed by atoms with Gasteiger partial charge in [-0.15, -0.1) is 11.3 Å². The first-order chi connectivity index (χ1) is 9.17. The fraction of sp³-hybridized carbons (Fsp3) is 0.0769. The standard InChI is InChI=1S/C13H8BrClN2OS/c1-18-8-2-3-10-9(5-8)12(15)17-13(16-10)7-4-11(14)19-6-7/h2-6H,1H3. The van der Waals surface area contributed by atoms with Crippen LogP contribution in [0.4, 0.5) is 0 Å². The van der Waals surface area contributed by atoms with Crippen LogP contribution in [0.1, 0.15) is 0 Å². The molecule has 0 saturated heterocycles. The summed E-state index contributed by atoms with van der Waals surface area (Å²) >= 11 is 11.3. The van der Waals surface area contributed by atoms with Crippen LogP contribution in [-0.2, 0) is 0 Å². The van der Waals surface area contributed by atoms with Crippen molar-refractivity contribution >= 4 is 49.8 Å². The van der Waals surface area contributed by atoms with Gasteiger partial charge in [0, 0.05) is 16.3 Å². The lowest BCUT2D eigenvalue weighted by Gasteiger charge is -2.05. The predicted molar refractivity (Wildman–Crippen MR) is 82.1 cm³/mol. The van der Waals surface area contributed by atoms with Crippen LogP contribution in [0.2, 0.25) is 5.15 Å². The number of hydrogen-bond acceptors (Lipinski definition) is 4. The van der Waals surface area contributed by atoms with Crippen LogP contribution in [0.25, 0.3) is 22.3 Å². The second-order valence-corrected chi connectivity index (χ2v) is 6.51. The molecule has 0 fully saturated rings. The lowest BCUT2D eigenvalue weighted by Crippen LogP contribution is -1.91. The average Bonchev–Trinajstić information content (AvgIpc) is 2.85. The molecule has 3 rings (SSSR count). The molecular formula is C13H8BrClN2OS. The zero-order valence-electron chi connectivity index (χ0n) is 9.85. The molecule has 1 aromatic carbocycles. The Morgan fingerprint density at radius 1 is 1.26 bits per heavy atom. The van der Waals surface area contributed by atoms with Gasteiger partial charge in [-0.1, -0.05) is 11.6 Å². The number of fused-ring (bicyclic) bond motifs is 1. The Bertz CT molecular complexity index is 759. The van der Waals surface area contributed by atoms with Gasteiger partial charge in [0.25, 0.3) is 0 Å². The molecule has 6 heteroatoms. The zero-order valence-corrected chi connectivity index (χ0v) is 13.0. The number of benzene rings is 1. The molecular weight excluding hydrogens is 348 g/mol. The van der Waals surface area contributed by atoms with E-state index in [4.69, 9.17) is 16.3 Å². The van der Waals surface area contributed by atoms with Crippen molar-refractivity contribution in [3.05, 3.63) is 38.6 Å². The first-order valence-electron chi connectivity index (χ1n) is 5.43. The lowest BCUT2D eigenvalue weighted by molar-refractivity contribution is 0.415. The SMILES string of the molecule is COc1ccc2nc(-c3csc(Br)c3)nc(Cl)c2c1. The maximum atomic E-state index is 6.23. The van der Waals surface area contributed by atoms with Gasteiger partial charge in [0.1, 0.15) is 10.9 Å². The van der Waals surface area contributed by atoms with Gasteiger partial charge in [0.15, 0.2) is 5.82 Å². The van der Waals surface area contributed by atoms with E-state index in [9.17, 15) is 0 Å². The highest BCUT2D eigenvalue weighted by Gasteiger charge is 2.10. The van der Waals surface area contributed by atoms with Crippen molar-refractivity contribution in [2.75, 3.05) is 7.11 Å². The molecule has 0 atom stereocenters. The quantitative estimate of drug-likeness (QED) is 0.620. The van der Waals surface area contributed by atoms with E-state index in [1.807, 2.05) is 29.6 Å². The van der Waals surface area contributed by atoms with Crippen LogP contribution >= 0.6 is 38.9 Å². The number of rotatable bonds is 2. The van der Waals surface area contributed by atoms with Gasteiger partial charge in [-0.2, -0.15) is 0 Å². The van der Waals surface area contributed by atoms with Gasteiger partial charge in [-0.25, -0.2) is 9.97 Å². The molecule has 0 aliphatic carbocycles. The fourth-order valence-electron chi connectivity index (χ4n) is 1.75. The molecule has 0 spiro atoms. The van der Waals surface area contributed by atoms with Crippen LogP contribution < -0.4 is 4.74 Å². The normalized spacial score (nSPS) is 10.9. The highest BCUT2D eigenvalue weighted by molar-refractivity contribution is 9.11. The number of hydrogen-bond donors (Lipinski definition) is 0. The van der Waals surface area contributed by atoms with Gasteiger partial charge in [0.05, 0.1) is 16.4 Å². The Balaban J connectivity index is 2.19. The molecule has 0 aliphatic heterocycles. The van der Waals surface area contributed by atoms with E-state index in [0.29, 0.717) is 11.0 Å². The fourth-order valence-corrected chi connectivity index (χ4v) is 3.12. The average molecular weight is 356 g/mol. The minimum Gasteiger partial charge on any atom is -0.497 e. The van der Waals surface area contributed by atoms with Crippen LogP contribution in [-0.4, -0.2) is 17.1 Å². The van der Waals surface area contributed by atoms with Crippen molar-refractivity contribution < 1.29 is 4.74 Å². The molecule has 3 aromatic rings. The zero-order chi connectivity index (χ0) is 13.4. The summed E-state index contributed by atoms with van der Waals surface area (Å²) in [5.74, 6) is 1.37. The Hall–Kier alpha value is -1.17. The van der Waals surface area contributed by atoms with Gasteiger partial charge >= 0.3 is 0 Å². The maximum absolute atomic E-state index is 6.23. The topological polar surface area (TPSA) is 35.0 Å². The summed E-state index contributed by atoms with van der Waals surface area (Å²) in [6.07, 6.45) is 0. The largest absolute Gasteiger partial charge is 0.497 e. The third-order valence-corrected chi connectivity index (χ3v) is 4.47. The second kappa shape index (κ2) is 5.07. The van der Waals surface area contributed by atoms with E-state index < -0.39 is 0 Å². The summed E-state index contributed by atoms with van der Waals surface area (Å²) in [6, 6.07) is 7.56. The summed E-state index contributed by atoms with van der Waals surface area (Å²) in [5.41, 5.74) is 1.76. The Kier molecular flexibility index (Phi) is 3.43. The van der Waals surface area contributed by atoms with Gasteiger partial charge in [0.2, 0.25) is 0 Å². The van der Waals surface area contributed by atoms with Crippen molar-refractivity contribution in [1.29, 1.82) is 0 Å². The minimum atomic E-state index is 0.432. The summed E-state index contributed by atoms with van der Waals surface area (Å²) < 4.78 is 6.22. The molecule has 0 bridgehead atoms. The van der Waals surface area contributed by atoms with E-state index >= 15 is 0 Å². The van der Waals surface area contributed by atoms with Crippen LogP contribution in [0, 0.1) is 0 Å². The van der Waals surface area contributed by atoms with Crippen molar-refractivity contribution in [2.24, 2.45) is 0 Å². The molecule has 0 amide bonds. The highest BCUT2D eigenvalue weighted by atomic mass is 79.9. The van der Waals surface area contributed by atoms with Gasteiger partial charge in [-0.05, 0) is 40.2 Å². The summed E-state index contributed by atoms with van der Waals surface area (Å²) in [5, 5.41) is 3.21. The van der Waals surface area contributed by atoms with E-state index in [-0.39, 0.29) is 0 Å². The third kappa shape index (κ3) is 2.45. The Labute approximate surface area is 127 Å². The lowest BCUT2D eigenvalue weighted by atomic mass is 10.2. The molecule has 0 saturated carbocycles. The minimum absolute atomic E-state index is 0.432. The van der Waals surface area contributed by atoms with E-state index in [2.05, 4.69) is 25.9 Å². The van der Waals surface area contributed by atoms with Gasteiger partial charge in [-0.3, -0.25) is 0 Å². The van der Waals surface area contributed by atoms with E-state index in [1.54, 1.807) is 18.4 Å². The maximum Gasteiger partial charge on any atom is 0.162 e. The molecule has 19 heavy (non-hydrogen) atoms. The molecule has 0 radical (unpaired) electrons. The summed E-state index contributed by atoms with van der Waals surface area (Å²) in [6.45, 7) is 0. The third-order valence-electron chi connectivity index (χ3n) is 2.68.